The molecule has 1 aliphatic carbocycles. The van der Waals surface area contributed by atoms with Crippen molar-refractivity contribution >= 4 is 23.4 Å². The van der Waals surface area contributed by atoms with E-state index in [2.05, 4.69) is 10.6 Å². The van der Waals surface area contributed by atoms with E-state index in [4.69, 9.17) is 11.6 Å². The van der Waals surface area contributed by atoms with Crippen LogP contribution >= 0.6 is 11.6 Å². The van der Waals surface area contributed by atoms with Gasteiger partial charge in [-0.25, -0.2) is 0 Å². The highest BCUT2D eigenvalue weighted by atomic mass is 35.5. The topological polar surface area (TPSA) is 58.2 Å². The third-order valence-corrected chi connectivity index (χ3v) is 4.29. The smallest absolute Gasteiger partial charge is 0.224 e. The minimum atomic E-state index is 0.0637. The molecule has 0 spiro atoms. The van der Waals surface area contributed by atoms with Gasteiger partial charge in [-0.1, -0.05) is 23.7 Å². The third kappa shape index (κ3) is 2.96. The molecule has 0 radical (unpaired) electrons. The van der Waals surface area contributed by atoms with Crippen LogP contribution in [0.1, 0.15) is 30.7 Å². The molecule has 2 N–H and O–H groups in total. The van der Waals surface area contributed by atoms with Gasteiger partial charge < -0.3 is 10.6 Å². The second kappa shape index (κ2) is 5.44. The number of halogens is 1. The predicted molar refractivity (Wildman–Crippen MR) is 76.5 cm³/mol. The van der Waals surface area contributed by atoms with Gasteiger partial charge in [-0.15, -0.1) is 0 Å². The molecular formula is C15H17ClN2O2. The Balaban J connectivity index is 1.52. The molecule has 20 heavy (non-hydrogen) atoms. The first-order chi connectivity index (χ1) is 9.63. The highest BCUT2D eigenvalue weighted by Crippen LogP contribution is 2.47. The van der Waals surface area contributed by atoms with Crippen LogP contribution in [0.5, 0.6) is 0 Å². The Bertz CT molecular complexity index is 519. The molecule has 1 saturated carbocycles. The minimum Gasteiger partial charge on any atom is -0.354 e. The maximum atomic E-state index is 12.2. The largest absolute Gasteiger partial charge is 0.354 e. The normalized spacial score (nSPS) is 28.6. The lowest BCUT2D eigenvalue weighted by Crippen LogP contribution is -2.48. The summed E-state index contributed by atoms with van der Waals surface area (Å²) < 4.78 is 0. The van der Waals surface area contributed by atoms with E-state index < -0.39 is 0 Å². The number of rotatable bonds is 3. The fraction of sp³-hybridized carbons (Fsp3) is 0.467. The monoisotopic (exact) mass is 292 g/mol. The zero-order valence-corrected chi connectivity index (χ0v) is 11.8. The van der Waals surface area contributed by atoms with Crippen LogP contribution in [0.2, 0.25) is 5.02 Å². The first-order valence-corrected chi connectivity index (χ1v) is 7.34. The summed E-state index contributed by atoms with van der Waals surface area (Å²) in [5.41, 5.74) is 1.17. The third-order valence-electron chi connectivity index (χ3n) is 4.04. The van der Waals surface area contributed by atoms with Crippen LogP contribution < -0.4 is 10.6 Å². The van der Waals surface area contributed by atoms with Gasteiger partial charge in [-0.3, -0.25) is 9.59 Å². The molecular weight excluding hydrogens is 276 g/mol. The van der Waals surface area contributed by atoms with Crippen molar-refractivity contribution < 1.29 is 9.59 Å². The standard InChI is InChI=1S/C15H17ClN2O2/c16-10-3-1-9(2-4-10)12-7-13(12)15(20)18-11-5-6-14(19)17-8-11/h1-4,11-13H,5-8H2,(H,17,19)(H,18,20)/t11-,12-,13+/m0/s1. The molecule has 2 aliphatic rings. The van der Waals surface area contributed by atoms with Gasteiger partial charge in [0, 0.05) is 29.9 Å². The van der Waals surface area contributed by atoms with Crippen LogP contribution in [-0.2, 0) is 9.59 Å². The molecule has 2 amide bonds. The van der Waals surface area contributed by atoms with Crippen molar-refractivity contribution in [2.75, 3.05) is 6.54 Å². The molecule has 0 aromatic heterocycles. The zero-order chi connectivity index (χ0) is 14.1. The van der Waals surface area contributed by atoms with Crippen molar-refractivity contribution in [2.24, 2.45) is 5.92 Å². The summed E-state index contributed by atoms with van der Waals surface area (Å²) >= 11 is 5.86. The van der Waals surface area contributed by atoms with Gasteiger partial charge in [0.25, 0.3) is 0 Å². The van der Waals surface area contributed by atoms with E-state index in [1.165, 1.54) is 5.56 Å². The molecule has 4 nitrogen and oxygen atoms in total. The zero-order valence-electron chi connectivity index (χ0n) is 11.1. The van der Waals surface area contributed by atoms with Crippen molar-refractivity contribution in [3.05, 3.63) is 34.9 Å². The second-order valence-electron chi connectivity index (χ2n) is 5.55. The van der Waals surface area contributed by atoms with Gasteiger partial charge >= 0.3 is 0 Å². The summed E-state index contributed by atoms with van der Waals surface area (Å²) in [5.74, 6) is 0.548. The Labute approximate surface area is 122 Å². The molecule has 1 heterocycles. The number of carbonyl (C=O) groups is 2. The number of amides is 2. The summed E-state index contributed by atoms with van der Waals surface area (Å²) in [6.45, 7) is 0.545. The first kappa shape index (κ1) is 13.4. The lowest BCUT2D eigenvalue weighted by molar-refractivity contribution is -0.126. The van der Waals surface area contributed by atoms with E-state index in [0.717, 1.165) is 12.8 Å². The lowest BCUT2D eigenvalue weighted by Gasteiger charge is -2.23. The van der Waals surface area contributed by atoms with Crippen molar-refractivity contribution in [2.45, 2.75) is 31.2 Å². The Kier molecular flexibility index (Phi) is 3.66. The van der Waals surface area contributed by atoms with Gasteiger partial charge in [0.15, 0.2) is 0 Å². The molecule has 0 unspecified atom stereocenters. The van der Waals surface area contributed by atoms with Crippen LogP contribution in [0.25, 0.3) is 0 Å². The molecule has 5 heteroatoms. The second-order valence-corrected chi connectivity index (χ2v) is 5.98. The quantitative estimate of drug-likeness (QED) is 0.893. The lowest BCUT2D eigenvalue weighted by atomic mass is 10.1. The van der Waals surface area contributed by atoms with Crippen LogP contribution in [0.4, 0.5) is 0 Å². The summed E-state index contributed by atoms with van der Waals surface area (Å²) in [6.07, 6.45) is 2.12. The highest BCUT2D eigenvalue weighted by molar-refractivity contribution is 6.30. The number of carbonyl (C=O) groups excluding carboxylic acids is 2. The van der Waals surface area contributed by atoms with Gasteiger partial charge in [0.05, 0.1) is 0 Å². The average Bonchev–Trinajstić information content (AvgIpc) is 3.23. The molecule has 1 aromatic rings. The summed E-state index contributed by atoms with van der Waals surface area (Å²) in [5, 5.41) is 6.53. The van der Waals surface area contributed by atoms with Crippen LogP contribution in [0.15, 0.2) is 24.3 Å². The van der Waals surface area contributed by atoms with Gasteiger partial charge in [-0.2, -0.15) is 0 Å². The number of benzene rings is 1. The van der Waals surface area contributed by atoms with E-state index in [1.54, 1.807) is 0 Å². The predicted octanol–water partition coefficient (Wildman–Crippen LogP) is 1.84. The maximum absolute atomic E-state index is 12.2. The molecule has 1 aliphatic heterocycles. The molecule has 106 valence electrons. The maximum Gasteiger partial charge on any atom is 0.224 e. The molecule has 3 rings (SSSR count). The van der Waals surface area contributed by atoms with Crippen LogP contribution in [0.3, 0.4) is 0 Å². The molecule has 0 bridgehead atoms. The van der Waals surface area contributed by atoms with E-state index in [1.807, 2.05) is 24.3 Å². The highest BCUT2D eigenvalue weighted by Gasteiger charge is 2.44. The summed E-state index contributed by atoms with van der Waals surface area (Å²) in [6, 6.07) is 7.77. The van der Waals surface area contributed by atoms with Crippen molar-refractivity contribution in [1.82, 2.24) is 10.6 Å². The summed E-state index contributed by atoms with van der Waals surface area (Å²) in [4.78, 5) is 23.2. The van der Waals surface area contributed by atoms with Crippen molar-refractivity contribution in [3.63, 3.8) is 0 Å². The molecule has 1 saturated heterocycles. The van der Waals surface area contributed by atoms with Crippen molar-refractivity contribution in [1.29, 1.82) is 0 Å². The first-order valence-electron chi connectivity index (χ1n) is 6.96. The SMILES string of the molecule is O=C1CC[C@H](NC(=O)[C@@H]2C[C@H]2c2ccc(Cl)cc2)CN1. The van der Waals surface area contributed by atoms with Gasteiger partial charge in [0.2, 0.25) is 11.8 Å². The van der Waals surface area contributed by atoms with Crippen LogP contribution in [-0.4, -0.2) is 24.4 Å². The Morgan fingerprint density at radius 3 is 2.70 bits per heavy atom. The number of piperidine rings is 1. The minimum absolute atomic E-state index is 0.0637. The molecule has 3 atom stereocenters. The van der Waals surface area contributed by atoms with E-state index in [9.17, 15) is 9.59 Å². The number of nitrogens with one attached hydrogen (secondary N) is 2. The fourth-order valence-electron chi connectivity index (χ4n) is 2.73. The number of hydrogen-bond donors (Lipinski definition) is 2. The van der Waals surface area contributed by atoms with E-state index in [-0.39, 0.29) is 23.8 Å². The molecule has 1 aromatic carbocycles. The van der Waals surface area contributed by atoms with Gasteiger partial charge in [-0.05, 0) is 36.5 Å². The Morgan fingerprint density at radius 1 is 1.30 bits per heavy atom. The van der Waals surface area contributed by atoms with E-state index >= 15 is 0 Å². The van der Waals surface area contributed by atoms with E-state index in [0.29, 0.717) is 23.9 Å². The van der Waals surface area contributed by atoms with Crippen LogP contribution in [0, 0.1) is 5.92 Å². The Hall–Kier alpha value is -1.55. The summed E-state index contributed by atoms with van der Waals surface area (Å²) in [7, 11) is 0. The van der Waals surface area contributed by atoms with Crippen molar-refractivity contribution in [3.8, 4) is 0 Å². The fourth-order valence-corrected chi connectivity index (χ4v) is 2.85. The Morgan fingerprint density at radius 2 is 2.05 bits per heavy atom. The van der Waals surface area contributed by atoms with Gasteiger partial charge in [0.1, 0.15) is 0 Å². The number of hydrogen-bond acceptors (Lipinski definition) is 2. The molecule has 2 fully saturated rings. The average molecular weight is 293 g/mol.